The van der Waals surface area contributed by atoms with Crippen molar-refractivity contribution in [2.24, 2.45) is 0 Å². The van der Waals surface area contributed by atoms with Crippen LogP contribution in [0.5, 0.6) is 0 Å². The highest BCUT2D eigenvalue weighted by Gasteiger charge is 2.31. The lowest BCUT2D eigenvalue weighted by molar-refractivity contribution is -0.142. The van der Waals surface area contributed by atoms with Gasteiger partial charge in [-0.25, -0.2) is 4.98 Å². The highest BCUT2D eigenvalue weighted by Crippen LogP contribution is 2.41. The molecule has 3 aliphatic rings. The summed E-state index contributed by atoms with van der Waals surface area (Å²) in [5, 5.41) is 3.53. The summed E-state index contributed by atoms with van der Waals surface area (Å²) in [6.07, 6.45) is 4.37. The molecular weight excluding hydrogens is 298 g/mol. The number of piperazine rings is 1. The predicted molar refractivity (Wildman–Crippen MR) is 84.9 cm³/mol. The van der Waals surface area contributed by atoms with Gasteiger partial charge in [0.15, 0.2) is 0 Å². The van der Waals surface area contributed by atoms with Crippen molar-refractivity contribution in [2.45, 2.75) is 44.2 Å². The first-order chi connectivity index (χ1) is 10.8. The third kappa shape index (κ3) is 3.19. The van der Waals surface area contributed by atoms with Gasteiger partial charge in [0.2, 0.25) is 0 Å². The Labute approximate surface area is 135 Å². The Hall–Kier alpha value is -0.980. The van der Waals surface area contributed by atoms with E-state index < -0.39 is 0 Å². The number of ether oxygens (including phenoxy) is 1. The normalized spacial score (nSPS) is 26.5. The van der Waals surface area contributed by atoms with Gasteiger partial charge in [0.1, 0.15) is 6.10 Å². The van der Waals surface area contributed by atoms with Crippen LogP contribution < -0.4 is 0 Å². The number of carbonyl (C=O) groups excluding carboxylic acids is 1. The van der Waals surface area contributed by atoms with Crippen LogP contribution in [-0.2, 0) is 16.1 Å². The van der Waals surface area contributed by atoms with Crippen molar-refractivity contribution in [1.29, 1.82) is 0 Å². The molecule has 120 valence electrons. The van der Waals surface area contributed by atoms with Gasteiger partial charge in [0, 0.05) is 50.6 Å². The zero-order valence-corrected chi connectivity index (χ0v) is 13.7. The lowest BCUT2D eigenvalue weighted by Crippen LogP contribution is -2.51. The van der Waals surface area contributed by atoms with Crippen LogP contribution >= 0.6 is 11.3 Å². The molecule has 2 saturated heterocycles. The molecule has 0 bridgehead atoms. The maximum Gasteiger partial charge on any atom is 0.251 e. The molecule has 1 aromatic rings. The highest BCUT2D eigenvalue weighted by atomic mass is 32.1. The average Bonchev–Trinajstić information content (AvgIpc) is 3.06. The van der Waals surface area contributed by atoms with E-state index >= 15 is 0 Å². The van der Waals surface area contributed by atoms with Gasteiger partial charge in [-0.15, -0.1) is 11.3 Å². The number of aromatic nitrogens is 1. The standard InChI is InChI=1S/C16H23N3O2S/c20-16(14-2-1-9-21-14)19-7-5-18(6-8-19)10-13-11-22-15(17-13)12-3-4-12/h11-12,14H,1-10H2. The summed E-state index contributed by atoms with van der Waals surface area (Å²) in [6, 6.07) is 0. The van der Waals surface area contributed by atoms with Crippen molar-refractivity contribution in [1.82, 2.24) is 14.8 Å². The first-order valence-corrected chi connectivity index (χ1v) is 9.24. The molecule has 3 fully saturated rings. The summed E-state index contributed by atoms with van der Waals surface area (Å²) >= 11 is 1.81. The van der Waals surface area contributed by atoms with Crippen molar-refractivity contribution >= 4 is 17.2 Å². The Morgan fingerprint density at radius 2 is 2.09 bits per heavy atom. The molecule has 1 aromatic heterocycles. The first kappa shape index (κ1) is 14.6. The molecule has 0 N–H and O–H groups in total. The number of thiazole rings is 1. The van der Waals surface area contributed by atoms with E-state index in [1.54, 1.807) is 0 Å². The SMILES string of the molecule is O=C(C1CCCO1)N1CCN(Cc2csc(C3CC3)n2)CC1. The van der Waals surface area contributed by atoms with Gasteiger partial charge in [-0.2, -0.15) is 0 Å². The first-order valence-electron chi connectivity index (χ1n) is 8.36. The van der Waals surface area contributed by atoms with E-state index in [0.29, 0.717) is 0 Å². The molecule has 6 heteroatoms. The Bertz CT molecular complexity index is 529. The molecule has 1 saturated carbocycles. The third-order valence-corrected chi connectivity index (χ3v) is 5.83. The van der Waals surface area contributed by atoms with Crippen LogP contribution in [0.3, 0.4) is 0 Å². The van der Waals surface area contributed by atoms with E-state index in [0.717, 1.165) is 58.1 Å². The largest absolute Gasteiger partial charge is 0.368 e. The lowest BCUT2D eigenvalue weighted by Gasteiger charge is -2.35. The van der Waals surface area contributed by atoms with Gasteiger partial charge < -0.3 is 9.64 Å². The Kier molecular flexibility index (Phi) is 4.15. The van der Waals surface area contributed by atoms with Gasteiger partial charge in [0.25, 0.3) is 5.91 Å². The van der Waals surface area contributed by atoms with Crippen LogP contribution in [0.1, 0.15) is 42.3 Å². The number of rotatable bonds is 4. The molecule has 1 amide bonds. The molecule has 1 unspecified atom stereocenters. The van der Waals surface area contributed by atoms with E-state index in [1.807, 2.05) is 16.2 Å². The second-order valence-corrected chi connectivity index (χ2v) is 7.44. The van der Waals surface area contributed by atoms with Crippen LogP contribution in [0.15, 0.2) is 5.38 Å². The fourth-order valence-corrected chi connectivity index (χ4v) is 4.23. The maximum atomic E-state index is 12.3. The third-order valence-electron chi connectivity index (χ3n) is 4.77. The minimum atomic E-state index is -0.175. The van der Waals surface area contributed by atoms with Gasteiger partial charge >= 0.3 is 0 Å². The molecule has 0 radical (unpaired) electrons. The number of amides is 1. The molecule has 5 nitrogen and oxygen atoms in total. The Morgan fingerprint density at radius 3 is 2.77 bits per heavy atom. The van der Waals surface area contributed by atoms with Crippen LogP contribution in [0, 0.1) is 0 Å². The number of nitrogens with zero attached hydrogens (tertiary/aromatic N) is 3. The summed E-state index contributed by atoms with van der Waals surface area (Å²) in [6.45, 7) is 5.18. The molecule has 1 aliphatic carbocycles. The van der Waals surface area contributed by atoms with Crippen LogP contribution in [0.2, 0.25) is 0 Å². The highest BCUT2D eigenvalue weighted by molar-refractivity contribution is 7.09. The van der Waals surface area contributed by atoms with Crippen molar-refractivity contribution in [3.63, 3.8) is 0 Å². The fraction of sp³-hybridized carbons (Fsp3) is 0.750. The van der Waals surface area contributed by atoms with Crippen molar-refractivity contribution in [3.05, 3.63) is 16.1 Å². The number of hydrogen-bond donors (Lipinski definition) is 0. The zero-order chi connectivity index (χ0) is 14.9. The fourth-order valence-electron chi connectivity index (χ4n) is 3.24. The number of carbonyl (C=O) groups is 1. The topological polar surface area (TPSA) is 45.7 Å². The Morgan fingerprint density at radius 1 is 1.27 bits per heavy atom. The van der Waals surface area contributed by atoms with Crippen LogP contribution in [0.25, 0.3) is 0 Å². The van der Waals surface area contributed by atoms with E-state index in [-0.39, 0.29) is 12.0 Å². The van der Waals surface area contributed by atoms with Crippen molar-refractivity contribution < 1.29 is 9.53 Å². The van der Waals surface area contributed by atoms with Gasteiger partial charge in [-0.3, -0.25) is 9.69 Å². The Balaban J connectivity index is 1.26. The van der Waals surface area contributed by atoms with E-state index in [2.05, 4.69) is 10.3 Å². The predicted octanol–water partition coefficient (Wildman–Crippen LogP) is 1.84. The smallest absolute Gasteiger partial charge is 0.251 e. The van der Waals surface area contributed by atoms with E-state index in [4.69, 9.17) is 9.72 Å². The minimum Gasteiger partial charge on any atom is -0.368 e. The van der Waals surface area contributed by atoms with Crippen LogP contribution in [-0.4, -0.2) is 59.6 Å². The van der Waals surface area contributed by atoms with E-state index in [1.165, 1.54) is 23.5 Å². The number of hydrogen-bond acceptors (Lipinski definition) is 5. The second kappa shape index (κ2) is 6.26. The summed E-state index contributed by atoms with van der Waals surface area (Å²) in [7, 11) is 0. The summed E-state index contributed by atoms with van der Waals surface area (Å²) in [5.41, 5.74) is 1.20. The monoisotopic (exact) mass is 321 g/mol. The summed E-state index contributed by atoms with van der Waals surface area (Å²) < 4.78 is 5.51. The lowest BCUT2D eigenvalue weighted by atomic mass is 10.2. The van der Waals surface area contributed by atoms with Crippen LogP contribution in [0.4, 0.5) is 0 Å². The second-order valence-electron chi connectivity index (χ2n) is 6.55. The average molecular weight is 321 g/mol. The van der Waals surface area contributed by atoms with E-state index in [9.17, 15) is 4.79 Å². The molecule has 0 aromatic carbocycles. The molecule has 3 heterocycles. The summed E-state index contributed by atoms with van der Waals surface area (Å²) in [5.74, 6) is 0.946. The molecular formula is C16H23N3O2S. The zero-order valence-electron chi connectivity index (χ0n) is 12.9. The molecule has 2 aliphatic heterocycles. The molecule has 22 heavy (non-hydrogen) atoms. The van der Waals surface area contributed by atoms with Gasteiger partial charge in [-0.05, 0) is 25.7 Å². The minimum absolute atomic E-state index is 0.175. The quantitative estimate of drug-likeness (QED) is 0.849. The van der Waals surface area contributed by atoms with Crippen molar-refractivity contribution in [2.75, 3.05) is 32.8 Å². The summed E-state index contributed by atoms with van der Waals surface area (Å²) in [4.78, 5) is 21.5. The maximum absolute atomic E-state index is 12.3. The van der Waals surface area contributed by atoms with Gasteiger partial charge in [-0.1, -0.05) is 0 Å². The van der Waals surface area contributed by atoms with Crippen molar-refractivity contribution in [3.8, 4) is 0 Å². The molecule has 0 spiro atoms. The molecule has 1 atom stereocenters. The molecule has 4 rings (SSSR count). The van der Waals surface area contributed by atoms with Gasteiger partial charge in [0.05, 0.1) is 10.7 Å².